The molecule has 142 valence electrons. The SMILES string of the molecule is CC(C)COc1ccc(C2(c3nc(C4(N)CCC4)no3)CCC2)cc1.Cl. The molecule has 0 amide bonds. The Bertz CT molecular complexity index is 734. The summed E-state index contributed by atoms with van der Waals surface area (Å²) in [5.74, 6) is 2.83. The molecular weight excluding hydrogens is 350 g/mol. The highest BCUT2D eigenvalue weighted by molar-refractivity contribution is 5.85. The zero-order valence-corrected chi connectivity index (χ0v) is 16.3. The van der Waals surface area contributed by atoms with E-state index in [1.54, 1.807) is 0 Å². The molecule has 4 rings (SSSR count). The Balaban J connectivity index is 0.00000196. The highest BCUT2D eigenvalue weighted by Crippen LogP contribution is 2.49. The molecule has 1 aromatic carbocycles. The van der Waals surface area contributed by atoms with Gasteiger partial charge in [-0.25, -0.2) is 0 Å². The summed E-state index contributed by atoms with van der Waals surface area (Å²) in [5.41, 5.74) is 7.06. The number of nitrogens with two attached hydrogens (primary N) is 1. The molecule has 1 heterocycles. The van der Waals surface area contributed by atoms with Crippen molar-refractivity contribution < 1.29 is 9.26 Å². The van der Waals surface area contributed by atoms with E-state index in [4.69, 9.17) is 20.0 Å². The molecule has 0 aliphatic heterocycles. The maximum Gasteiger partial charge on any atom is 0.237 e. The van der Waals surface area contributed by atoms with Gasteiger partial charge in [-0.05, 0) is 55.7 Å². The first kappa shape index (κ1) is 19.2. The van der Waals surface area contributed by atoms with Crippen molar-refractivity contribution >= 4 is 12.4 Å². The molecule has 2 saturated carbocycles. The third-order valence-electron chi connectivity index (χ3n) is 5.72. The van der Waals surface area contributed by atoms with Crippen molar-refractivity contribution in [2.45, 2.75) is 63.3 Å². The van der Waals surface area contributed by atoms with Crippen molar-refractivity contribution in [3.63, 3.8) is 0 Å². The van der Waals surface area contributed by atoms with Crippen LogP contribution in [0.2, 0.25) is 0 Å². The van der Waals surface area contributed by atoms with Crippen LogP contribution in [0.5, 0.6) is 5.75 Å². The zero-order valence-electron chi connectivity index (χ0n) is 15.5. The maximum absolute atomic E-state index is 6.35. The van der Waals surface area contributed by atoms with E-state index in [-0.39, 0.29) is 23.4 Å². The lowest BCUT2D eigenvalue weighted by atomic mass is 9.64. The molecular formula is C20H28ClN3O2. The van der Waals surface area contributed by atoms with Gasteiger partial charge in [0.25, 0.3) is 0 Å². The second-order valence-electron chi connectivity index (χ2n) is 8.10. The Morgan fingerprint density at radius 3 is 2.27 bits per heavy atom. The summed E-state index contributed by atoms with van der Waals surface area (Å²) in [6.07, 6.45) is 6.29. The van der Waals surface area contributed by atoms with Crippen LogP contribution in [0, 0.1) is 5.92 Å². The molecule has 2 aliphatic rings. The highest BCUT2D eigenvalue weighted by atomic mass is 35.5. The topological polar surface area (TPSA) is 74.2 Å². The minimum atomic E-state index is -0.374. The van der Waals surface area contributed by atoms with Crippen LogP contribution in [0.1, 0.15) is 69.7 Å². The lowest BCUT2D eigenvalue weighted by molar-refractivity contribution is 0.209. The molecule has 6 heteroatoms. The molecule has 0 atom stereocenters. The molecule has 0 radical (unpaired) electrons. The van der Waals surface area contributed by atoms with Gasteiger partial charge in [0, 0.05) is 0 Å². The number of nitrogens with zero attached hydrogens (tertiary/aromatic N) is 2. The molecule has 1 aromatic heterocycles. The van der Waals surface area contributed by atoms with Crippen molar-refractivity contribution in [3.8, 4) is 5.75 Å². The van der Waals surface area contributed by atoms with Crippen LogP contribution in [-0.4, -0.2) is 16.7 Å². The molecule has 0 spiro atoms. The van der Waals surface area contributed by atoms with Gasteiger partial charge in [0.05, 0.1) is 17.6 Å². The fourth-order valence-corrected chi connectivity index (χ4v) is 3.69. The molecule has 0 unspecified atom stereocenters. The minimum Gasteiger partial charge on any atom is -0.493 e. The van der Waals surface area contributed by atoms with Crippen molar-refractivity contribution in [1.29, 1.82) is 0 Å². The number of rotatable bonds is 6. The van der Waals surface area contributed by atoms with Gasteiger partial charge in [-0.2, -0.15) is 4.98 Å². The first-order valence-corrected chi connectivity index (χ1v) is 9.39. The second kappa shape index (κ2) is 7.20. The van der Waals surface area contributed by atoms with E-state index in [0.29, 0.717) is 11.7 Å². The normalized spacial score (nSPS) is 20.0. The maximum atomic E-state index is 6.35. The number of benzene rings is 1. The predicted molar refractivity (Wildman–Crippen MR) is 103 cm³/mol. The molecule has 2 N–H and O–H groups in total. The Morgan fingerprint density at radius 1 is 1.12 bits per heavy atom. The second-order valence-corrected chi connectivity index (χ2v) is 8.10. The van der Waals surface area contributed by atoms with Crippen LogP contribution in [0.3, 0.4) is 0 Å². The standard InChI is InChI=1S/C20H27N3O2.ClH/c1-14(2)13-24-16-7-5-15(6-8-16)19(9-3-10-19)18-22-17(23-25-18)20(21)11-4-12-20;/h5-8,14H,3-4,9-13,21H2,1-2H3;1H. The zero-order chi connectivity index (χ0) is 17.5. The average Bonchev–Trinajstić information content (AvgIpc) is 3.01. The number of hydrogen-bond acceptors (Lipinski definition) is 5. The Morgan fingerprint density at radius 2 is 1.77 bits per heavy atom. The first-order valence-electron chi connectivity index (χ1n) is 9.39. The quantitative estimate of drug-likeness (QED) is 0.810. The number of ether oxygens (including phenoxy) is 1. The summed E-state index contributed by atoms with van der Waals surface area (Å²) in [6, 6.07) is 8.37. The molecule has 5 nitrogen and oxygen atoms in total. The van der Waals surface area contributed by atoms with Crippen molar-refractivity contribution in [3.05, 3.63) is 41.5 Å². The lowest BCUT2D eigenvalue weighted by Crippen LogP contribution is -2.44. The van der Waals surface area contributed by atoms with E-state index in [1.807, 2.05) is 12.1 Å². The Hall–Kier alpha value is -1.59. The van der Waals surface area contributed by atoms with E-state index in [1.165, 1.54) is 12.0 Å². The van der Waals surface area contributed by atoms with Gasteiger partial charge >= 0.3 is 0 Å². The van der Waals surface area contributed by atoms with E-state index in [0.717, 1.165) is 50.4 Å². The van der Waals surface area contributed by atoms with E-state index in [2.05, 4.69) is 31.1 Å². The van der Waals surface area contributed by atoms with Gasteiger partial charge in [-0.3, -0.25) is 0 Å². The monoisotopic (exact) mass is 377 g/mol. The fourth-order valence-electron chi connectivity index (χ4n) is 3.69. The summed E-state index contributed by atoms with van der Waals surface area (Å²) in [4.78, 5) is 4.72. The molecule has 2 aromatic rings. The van der Waals surface area contributed by atoms with Gasteiger partial charge in [-0.1, -0.05) is 37.6 Å². The van der Waals surface area contributed by atoms with E-state index in [9.17, 15) is 0 Å². The van der Waals surface area contributed by atoms with Crippen LogP contribution in [0.4, 0.5) is 0 Å². The van der Waals surface area contributed by atoms with Gasteiger partial charge in [0.1, 0.15) is 5.75 Å². The molecule has 2 aliphatic carbocycles. The lowest BCUT2D eigenvalue weighted by Gasteiger charge is -2.39. The first-order chi connectivity index (χ1) is 12.0. The van der Waals surface area contributed by atoms with Crippen molar-refractivity contribution in [2.24, 2.45) is 11.7 Å². The minimum absolute atomic E-state index is 0. The molecule has 2 fully saturated rings. The summed E-state index contributed by atoms with van der Waals surface area (Å²) >= 11 is 0. The Labute approximate surface area is 161 Å². The van der Waals surface area contributed by atoms with Crippen LogP contribution >= 0.6 is 12.4 Å². The van der Waals surface area contributed by atoms with Crippen molar-refractivity contribution in [2.75, 3.05) is 6.61 Å². The molecule has 0 saturated heterocycles. The fraction of sp³-hybridized carbons (Fsp3) is 0.600. The number of hydrogen-bond donors (Lipinski definition) is 1. The van der Waals surface area contributed by atoms with Gasteiger partial charge < -0.3 is 15.0 Å². The van der Waals surface area contributed by atoms with Crippen molar-refractivity contribution in [1.82, 2.24) is 10.1 Å². The van der Waals surface area contributed by atoms with Crippen LogP contribution < -0.4 is 10.5 Å². The van der Waals surface area contributed by atoms with Gasteiger partial charge in [0.15, 0.2) is 5.82 Å². The van der Waals surface area contributed by atoms with Crippen LogP contribution in [0.25, 0.3) is 0 Å². The van der Waals surface area contributed by atoms with E-state index >= 15 is 0 Å². The largest absolute Gasteiger partial charge is 0.493 e. The van der Waals surface area contributed by atoms with Gasteiger partial charge in [-0.15, -0.1) is 12.4 Å². The summed E-state index contributed by atoms with van der Waals surface area (Å²) < 4.78 is 11.5. The van der Waals surface area contributed by atoms with Crippen LogP contribution in [0.15, 0.2) is 28.8 Å². The third kappa shape index (κ3) is 3.23. The number of halogens is 1. The summed E-state index contributed by atoms with van der Waals surface area (Å²) in [5, 5.41) is 4.21. The predicted octanol–water partition coefficient (Wildman–Crippen LogP) is 4.33. The average molecular weight is 378 g/mol. The molecule has 26 heavy (non-hydrogen) atoms. The third-order valence-corrected chi connectivity index (χ3v) is 5.72. The number of aromatic nitrogens is 2. The Kier molecular flexibility index (Phi) is 5.31. The smallest absolute Gasteiger partial charge is 0.237 e. The highest BCUT2D eigenvalue weighted by Gasteiger charge is 2.47. The van der Waals surface area contributed by atoms with Gasteiger partial charge in [0.2, 0.25) is 5.89 Å². The summed E-state index contributed by atoms with van der Waals surface area (Å²) in [7, 11) is 0. The molecule has 0 bridgehead atoms. The van der Waals surface area contributed by atoms with E-state index < -0.39 is 0 Å². The summed E-state index contributed by atoms with van der Waals surface area (Å²) in [6.45, 7) is 5.03. The van der Waals surface area contributed by atoms with Crippen LogP contribution in [-0.2, 0) is 11.0 Å².